The van der Waals surface area contributed by atoms with Gasteiger partial charge in [-0.25, -0.2) is 9.97 Å². The molecule has 1 aromatic heterocycles. The Hall–Kier alpha value is -1.60. The summed E-state index contributed by atoms with van der Waals surface area (Å²) in [5, 5.41) is 22.6. The Morgan fingerprint density at radius 1 is 1.59 bits per heavy atom. The van der Waals surface area contributed by atoms with Crippen LogP contribution in [0.4, 0.5) is 5.82 Å². The van der Waals surface area contributed by atoms with Crippen LogP contribution in [0.15, 0.2) is 11.3 Å². The van der Waals surface area contributed by atoms with E-state index in [4.69, 9.17) is 22.9 Å². The molecule has 2 unspecified atom stereocenters. The number of nitrogens with two attached hydrogens (primary N) is 1. The predicted octanol–water partition coefficient (Wildman–Crippen LogP) is 0.807. The minimum atomic E-state index is -1.25. The van der Waals surface area contributed by atoms with Crippen molar-refractivity contribution in [1.82, 2.24) is 9.97 Å². The van der Waals surface area contributed by atoms with Gasteiger partial charge in [0.2, 0.25) is 5.28 Å². The van der Waals surface area contributed by atoms with Crippen LogP contribution in [0.1, 0.15) is 18.1 Å². The summed E-state index contributed by atoms with van der Waals surface area (Å²) in [5.41, 5.74) is 13.8. The van der Waals surface area contributed by atoms with Crippen LogP contribution in [0.2, 0.25) is 5.28 Å². The van der Waals surface area contributed by atoms with Gasteiger partial charge in [-0.2, -0.15) is 0 Å². The highest BCUT2D eigenvalue weighted by Crippen LogP contribution is 2.23. The monoisotopic (exact) mass is 258 g/mol. The molecule has 0 aliphatic heterocycles. The number of nitrogens with zero attached hydrogens (tertiary/aromatic N) is 5. The van der Waals surface area contributed by atoms with Crippen molar-refractivity contribution >= 4 is 17.4 Å². The van der Waals surface area contributed by atoms with E-state index in [2.05, 4.69) is 20.0 Å². The van der Waals surface area contributed by atoms with Crippen LogP contribution in [0.5, 0.6) is 0 Å². The average Bonchev–Trinajstić information content (AvgIpc) is 2.28. The van der Waals surface area contributed by atoms with Crippen LogP contribution in [0, 0.1) is 0 Å². The molecule has 8 nitrogen and oxygen atoms in total. The molecular weight excluding hydrogens is 248 g/mol. The summed E-state index contributed by atoms with van der Waals surface area (Å²) in [4.78, 5) is 9.85. The average molecular weight is 259 g/mol. The third kappa shape index (κ3) is 3.72. The summed E-state index contributed by atoms with van der Waals surface area (Å²) < 4.78 is 0. The zero-order valence-corrected chi connectivity index (χ0v) is 9.49. The number of hydrogen-bond acceptors (Lipinski definition) is 6. The van der Waals surface area contributed by atoms with E-state index in [9.17, 15) is 10.2 Å². The number of aromatic nitrogens is 2. The Bertz CT molecular complexity index is 436. The summed E-state index contributed by atoms with van der Waals surface area (Å²) in [6.07, 6.45) is -1.02. The van der Waals surface area contributed by atoms with Crippen LogP contribution in [-0.2, 0) is 0 Å². The molecule has 0 radical (unpaired) electrons. The molecule has 1 aromatic rings. The van der Waals surface area contributed by atoms with Gasteiger partial charge in [-0.3, -0.25) is 0 Å². The molecule has 0 bridgehead atoms. The topological polar surface area (TPSA) is 141 Å². The second-order valence-corrected chi connectivity index (χ2v) is 3.57. The zero-order chi connectivity index (χ0) is 12.8. The van der Waals surface area contributed by atoms with Gasteiger partial charge in [0, 0.05) is 23.2 Å². The van der Waals surface area contributed by atoms with Crippen LogP contribution in [0.3, 0.4) is 0 Å². The lowest BCUT2D eigenvalue weighted by molar-refractivity contribution is 0.0151. The van der Waals surface area contributed by atoms with Crippen molar-refractivity contribution in [1.29, 1.82) is 0 Å². The van der Waals surface area contributed by atoms with Crippen LogP contribution >= 0.6 is 11.6 Å². The molecule has 0 aromatic carbocycles. The van der Waals surface area contributed by atoms with E-state index in [1.165, 1.54) is 6.20 Å². The highest BCUT2D eigenvalue weighted by Gasteiger charge is 2.21. The van der Waals surface area contributed by atoms with Gasteiger partial charge in [-0.15, -0.1) is 0 Å². The van der Waals surface area contributed by atoms with Crippen molar-refractivity contribution in [3.05, 3.63) is 27.5 Å². The number of nitrogen functional groups attached to an aromatic ring is 1. The first-order valence-corrected chi connectivity index (χ1v) is 5.09. The zero-order valence-electron chi connectivity index (χ0n) is 8.73. The van der Waals surface area contributed by atoms with Gasteiger partial charge in [-0.05, 0) is 23.6 Å². The Labute approximate surface area is 102 Å². The van der Waals surface area contributed by atoms with Crippen molar-refractivity contribution in [2.24, 2.45) is 5.11 Å². The lowest BCUT2D eigenvalue weighted by Crippen LogP contribution is -2.21. The van der Waals surface area contributed by atoms with E-state index >= 15 is 0 Å². The molecule has 0 spiro atoms. The number of aliphatic hydroxyl groups is 2. The van der Waals surface area contributed by atoms with Gasteiger partial charge >= 0.3 is 0 Å². The number of hydrogen-bond donors (Lipinski definition) is 3. The van der Waals surface area contributed by atoms with Crippen molar-refractivity contribution in [3.63, 3.8) is 0 Å². The summed E-state index contributed by atoms with van der Waals surface area (Å²) in [7, 11) is 0. The van der Waals surface area contributed by atoms with Gasteiger partial charge in [0.15, 0.2) is 0 Å². The summed E-state index contributed by atoms with van der Waals surface area (Å²) >= 11 is 5.50. The minimum absolute atomic E-state index is 0.000310. The second-order valence-electron chi connectivity index (χ2n) is 3.23. The summed E-state index contributed by atoms with van der Waals surface area (Å²) in [6, 6.07) is 0. The van der Waals surface area contributed by atoms with E-state index < -0.39 is 12.2 Å². The SMILES string of the molecule is [N-]=[N+]=NCCC(O)C(O)c1cnc(Cl)nc1N. The molecule has 0 saturated heterocycles. The fourth-order valence-electron chi connectivity index (χ4n) is 1.21. The maximum Gasteiger partial charge on any atom is 0.224 e. The molecule has 4 N–H and O–H groups in total. The molecule has 1 heterocycles. The van der Waals surface area contributed by atoms with Crippen molar-refractivity contribution in [2.75, 3.05) is 12.3 Å². The minimum Gasteiger partial charge on any atom is -0.390 e. The first-order valence-electron chi connectivity index (χ1n) is 4.71. The van der Waals surface area contributed by atoms with Crippen molar-refractivity contribution < 1.29 is 10.2 Å². The number of rotatable bonds is 5. The van der Waals surface area contributed by atoms with E-state index in [1.807, 2.05) is 0 Å². The molecular formula is C8H11ClN6O2. The summed E-state index contributed by atoms with van der Waals surface area (Å²) in [5.74, 6) is 0.000310. The molecule has 92 valence electrons. The van der Waals surface area contributed by atoms with Crippen molar-refractivity contribution in [2.45, 2.75) is 18.6 Å². The van der Waals surface area contributed by atoms with Gasteiger partial charge in [0.05, 0.1) is 6.10 Å². The van der Waals surface area contributed by atoms with Crippen LogP contribution in [0.25, 0.3) is 10.4 Å². The first kappa shape index (κ1) is 13.5. The van der Waals surface area contributed by atoms with Crippen LogP contribution in [-0.4, -0.2) is 32.8 Å². The quantitative estimate of drug-likeness (QED) is 0.310. The van der Waals surface area contributed by atoms with E-state index in [-0.39, 0.29) is 29.6 Å². The first-order chi connectivity index (χ1) is 8.06. The Balaban J connectivity index is 2.73. The molecule has 1 rings (SSSR count). The molecule has 0 amide bonds. The maximum absolute atomic E-state index is 9.77. The van der Waals surface area contributed by atoms with E-state index in [1.54, 1.807) is 0 Å². The Kier molecular flexibility index (Phi) is 4.92. The fourth-order valence-corrected chi connectivity index (χ4v) is 1.35. The molecule has 9 heteroatoms. The standard InChI is InChI=1S/C8H11ClN6O2/c9-8-12-3-4(7(10)14-8)6(17)5(16)1-2-13-15-11/h3,5-6,16-17H,1-2H2,(H2,10,12,14). The molecule has 0 aliphatic carbocycles. The smallest absolute Gasteiger partial charge is 0.224 e. The van der Waals surface area contributed by atoms with Gasteiger partial charge in [0.1, 0.15) is 11.9 Å². The predicted molar refractivity (Wildman–Crippen MR) is 61.1 cm³/mol. The molecule has 0 aliphatic rings. The summed E-state index contributed by atoms with van der Waals surface area (Å²) in [6.45, 7) is 0.0725. The number of anilines is 1. The lowest BCUT2D eigenvalue weighted by Gasteiger charge is -2.17. The van der Waals surface area contributed by atoms with E-state index in [0.717, 1.165) is 0 Å². The van der Waals surface area contributed by atoms with Gasteiger partial charge in [0.25, 0.3) is 0 Å². The normalized spacial score (nSPS) is 13.8. The van der Waals surface area contributed by atoms with Crippen LogP contribution < -0.4 is 5.73 Å². The molecule has 2 atom stereocenters. The van der Waals surface area contributed by atoms with E-state index in [0.29, 0.717) is 0 Å². The number of azide groups is 1. The third-order valence-electron chi connectivity index (χ3n) is 2.09. The largest absolute Gasteiger partial charge is 0.390 e. The third-order valence-corrected chi connectivity index (χ3v) is 2.27. The Morgan fingerprint density at radius 2 is 2.29 bits per heavy atom. The molecule has 17 heavy (non-hydrogen) atoms. The fraction of sp³-hybridized carbons (Fsp3) is 0.500. The second kappa shape index (κ2) is 6.21. The number of halogens is 1. The Morgan fingerprint density at radius 3 is 2.88 bits per heavy atom. The van der Waals surface area contributed by atoms with Gasteiger partial charge in [-0.1, -0.05) is 5.11 Å². The highest BCUT2D eigenvalue weighted by atomic mass is 35.5. The molecule has 0 fully saturated rings. The molecule has 0 saturated carbocycles. The maximum atomic E-state index is 9.77. The van der Waals surface area contributed by atoms with Crippen molar-refractivity contribution in [3.8, 4) is 0 Å². The lowest BCUT2D eigenvalue weighted by atomic mass is 10.0. The van der Waals surface area contributed by atoms with Gasteiger partial charge < -0.3 is 15.9 Å². The number of aliphatic hydroxyl groups excluding tert-OH is 2. The highest BCUT2D eigenvalue weighted by molar-refractivity contribution is 6.28.